The fourth-order valence-electron chi connectivity index (χ4n) is 5.52. The standard InChI is InChI=1S/C37H40N4O5S/c1-25-12-10-11-15-27(25)23-38-34(43)33-37(2,3)47-24-41(33)35(44)32(42)31(22-26-13-6-4-7-14-26)40-36(45)39-28-18-20-30(21-19-28)46-29-16-8-5-9-17-29/h4-21,31-33,42H,22-24H2,1-3H3,(H,38,43)(H2,39,40,45)/t31-,32-,33+/m0/s1. The number of aliphatic hydroxyl groups excluding tert-OH is 1. The third-order valence-electron chi connectivity index (χ3n) is 8.13. The van der Waals surface area contributed by atoms with Crippen molar-refractivity contribution in [3.63, 3.8) is 0 Å². The van der Waals surface area contributed by atoms with Crippen LogP contribution in [0.4, 0.5) is 10.5 Å². The molecule has 0 aliphatic carbocycles. The minimum absolute atomic E-state index is 0.194. The minimum atomic E-state index is -1.61. The molecule has 47 heavy (non-hydrogen) atoms. The number of aliphatic hydroxyl groups is 1. The maximum atomic E-state index is 13.9. The molecule has 4 aromatic rings. The van der Waals surface area contributed by atoms with E-state index in [0.717, 1.165) is 16.7 Å². The Kier molecular flexibility index (Phi) is 10.8. The molecule has 4 amide bonds. The van der Waals surface area contributed by atoms with E-state index < -0.39 is 34.9 Å². The molecule has 0 radical (unpaired) electrons. The Morgan fingerprint density at radius 2 is 1.51 bits per heavy atom. The molecule has 244 valence electrons. The summed E-state index contributed by atoms with van der Waals surface area (Å²) >= 11 is 1.47. The van der Waals surface area contributed by atoms with Crippen LogP contribution in [-0.4, -0.2) is 56.7 Å². The highest BCUT2D eigenvalue weighted by molar-refractivity contribution is 8.00. The van der Waals surface area contributed by atoms with Crippen LogP contribution in [0.25, 0.3) is 0 Å². The lowest BCUT2D eigenvalue weighted by Crippen LogP contribution is -2.59. The number of anilines is 1. The monoisotopic (exact) mass is 652 g/mol. The molecular weight excluding hydrogens is 612 g/mol. The molecule has 0 unspecified atom stereocenters. The second-order valence-corrected chi connectivity index (χ2v) is 13.6. The fourth-order valence-corrected chi connectivity index (χ4v) is 6.66. The highest BCUT2D eigenvalue weighted by Gasteiger charge is 2.49. The lowest BCUT2D eigenvalue weighted by molar-refractivity contribution is -0.147. The summed E-state index contributed by atoms with van der Waals surface area (Å²) in [6.45, 7) is 6.14. The van der Waals surface area contributed by atoms with E-state index in [1.54, 1.807) is 24.3 Å². The number of benzene rings is 4. The molecule has 3 atom stereocenters. The summed E-state index contributed by atoms with van der Waals surface area (Å²) in [5, 5.41) is 20.1. The van der Waals surface area contributed by atoms with Gasteiger partial charge in [0.05, 0.1) is 11.9 Å². The number of aryl methyl sites for hydroxylation is 1. The van der Waals surface area contributed by atoms with E-state index in [4.69, 9.17) is 4.74 Å². The first-order valence-corrected chi connectivity index (χ1v) is 16.5. The Balaban J connectivity index is 1.28. The van der Waals surface area contributed by atoms with Gasteiger partial charge in [0.1, 0.15) is 17.5 Å². The SMILES string of the molecule is Cc1ccccc1CNC(=O)[C@H]1N(C(=O)[C@@H](O)[C@H](Cc2ccccc2)NC(=O)Nc2ccc(Oc3ccccc3)cc2)CSC1(C)C. The van der Waals surface area contributed by atoms with Gasteiger partial charge in [0.2, 0.25) is 5.91 Å². The molecule has 0 aromatic heterocycles. The zero-order valence-corrected chi connectivity index (χ0v) is 27.5. The highest BCUT2D eigenvalue weighted by Crippen LogP contribution is 2.40. The average molecular weight is 653 g/mol. The number of rotatable bonds is 11. The van der Waals surface area contributed by atoms with Gasteiger partial charge < -0.3 is 30.7 Å². The number of urea groups is 1. The predicted molar refractivity (Wildman–Crippen MR) is 185 cm³/mol. The molecule has 4 aromatic carbocycles. The van der Waals surface area contributed by atoms with E-state index in [2.05, 4.69) is 16.0 Å². The number of carbonyl (C=O) groups is 3. The number of para-hydroxylation sites is 1. The fraction of sp³-hybridized carbons (Fsp3) is 0.270. The summed E-state index contributed by atoms with van der Waals surface area (Å²) in [7, 11) is 0. The van der Waals surface area contributed by atoms with Gasteiger partial charge in [-0.3, -0.25) is 9.59 Å². The van der Waals surface area contributed by atoms with Gasteiger partial charge in [-0.1, -0.05) is 72.8 Å². The molecule has 10 heteroatoms. The number of nitrogens with zero attached hydrogens (tertiary/aromatic N) is 1. The molecule has 1 saturated heterocycles. The first-order valence-electron chi connectivity index (χ1n) is 15.5. The number of amides is 4. The van der Waals surface area contributed by atoms with E-state index in [0.29, 0.717) is 23.7 Å². The van der Waals surface area contributed by atoms with Gasteiger partial charge in [0.25, 0.3) is 5.91 Å². The smallest absolute Gasteiger partial charge is 0.319 e. The van der Waals surface area contributed by atoms with Crippen LogP contribution < -0.4 is 20.7 Å². The van der Waals surface area contributed by atoms with Crippen molar-refractivity contribution < 1.29 is 24.2 Å². The van der Waals surface area contributed by atoms with Crippen molar-refractivity contribution in [2.45, 2.75) is 56.7 Å². The van der Waals surface area contributed by atoms with Crippen molar-refractivity contribution in [1.82, 2.24) is 15.5 Å². The number of ether oxygens (including phenoxy) is 1. The summed E-state index contributed by atoms with van der Waals surface area (Å²) in [5.74, 6) is 0.609. The number of hydrogen-bond acceptors (Lipinski definition) is 6. The lowest BCUT2D eigenvalue weighted by Gasteiger charge is -2.33. The molecule has 4 N–H and O–H groups in total. The van der Waals surface area contributed by atoms with Crippen molar-refractivity contribution in [2.75, 3.05) is 11.2 Å². The quantitative estimate of drug-likeness (QED) is 0.161. The van der Waals surface area contributed by atoms with Crippen LogP contribution in [0.5, 0.6) is 11.5 Å². The van der Waals surface area contributed by atoms with Gasteiger partial charge in [-0.2, -0.15) is 0 Å². The van der Waals surface area contributed by atoms with Gasteiger partial charge in [-0.15, -0.1) is 11.8 Å². The third kappa shape index (κ3) is 8.72. The molecule has 1 aliphatic rings. The van der Waals surface area contributed by atoms with Crippen molar-refractivity contribution in [3.05, 3.63) is 126 Å². The zero-order valence-electron chi connectivity index (χ0n) is 26.7. The van der Waals surface area contributed by atoms with E-state index >= 15 is 0 Å². The topological polar surface area (TPSA) is 120 Å². The summed E-state index contributed by atoms with van der Waals surface area (Å²) in [6, 6.07) is 31.0. The Morgan fingerprint density at radius 3 is 2.19 bits per heavy atom. The van der Waals surface area contributed by atoms with Crippen LogP contribution >= 0.6 is 11.8 Å². The number of nitrogens with one attached hydrogen (secondary N) is 3. The molecule has 1 fully saturated rings. The maximum Gasteiger partial charge on any atom is 0.319 e. The summed E-state index contributed by atoms with van der Waals surface area (Å²) in [4.78, 5) is 42.1. The van der Waals surface area contributed by atoms with Gasteiger partial charge in [0.15, 0.2) is 6.10 Å². The van der Waals surface area contributed by atoms with E-state index in [-0.39, 0.29) is 18.2 Å². The molecule has 0 spiro atoms. The second kappa shape index (κ2) is 15.2. The number of thioether (sulfide) groups is 1. The van der Waals surface area contributed by atoms with Crippen molar-refractivity contribution in [3.8, 4) is 11.5 Å². The maximum absolute atomic E-state index is 13.9. The van der Waals surface area contributed by atoms with E-state index in [9.17, 15) is 19.5 Å². The minimum Gasteiger partial charge on any atom is -0.457 e. The Morgan fingerprint density at radius 1 is 0.894 bits per heavy atom. The van der Waals surface area contributed by atoms with Gasteiger partial charge >= 0.3 is 6.03 Å². The van der Waals surface area contributed by atoms with Crippen molar-refractivity contribution >= 4 is 35.3 Å². The summed E-state index contributed by atoms with van der Waals surface area (Å²) in [6.07, 6.45) is -1.41. The van der Waals surface area contributed by atoms with Crippen molar-refractivity contribution in [1.29, 1.82) is 0 Å². The van der Waals surface area contributed by atoms with Crippen LogP contribution in [-0.2, 0) is 22.6 Å². The van der Waals surface area contributed by atoms with Crippen LogP contribution in [0, 0.1) is 6.92 Å². The summed E-state index contributed by atoms with van der Waals surface area (Å²) < 4.78 is 5.23. The van der Waals surface area contributed by atoms with Crippen LogP contribution in [0.3, 0.4) is 0 Å². The average Bonchev–Trinajstić information content (AvgIpc) is 3.39. The molecular formula is C37H40N4O5S. The van der Waals surface area contributed by atoms with Crippen LogP contribution in [0.1, 0.15) is 30.5 Å². The zero-order chi connectivity index (χ0) is 33.4. The molecule has 9 nitrogen and oxygen atoms in total. The largest absolute Gasteiger partial charge is 0.457 e. The van der Waals surface area contributed by atoms with Gasteiger partial charge in [0, 0.05) is 17.0 Å². The molecule has 1 aliphatic heterocycles. The summed E-state index contributed by atoms with van der Waals surface area (Å²) in [5.41, 5.74) is 3.38. The lowest BCUT2D eigenvalue weighted by atomic mass is 9.97. The van der Waals surface area contributed by atoms with Crippen molar-refractivity contribution in [2.24, 2.45) is 0 Å². The van der Waals surface area contributed by atoms with Crippen LogP contribution in [0.15, 0.2) is 109 Å². The Bertz CT molecular complexity index is 1670. The highest BCUT2D eigenvalue weighted by atomic mass is 32.2. The van der Waals surface area contributed by atoms with E-state index in [1.165, 1.54) is 16.7 Å². The number of hydrogen-bond donors (Lipinski definition) is 4. The van der Waals surface area contributed by atoms with Gasteiger partial charge in [-0.05, 0) is 80.3 Å². The molecule has 0 bridgehead atoms. The van der Waals surface area contributed by atoms with E-state index in [1.807, 2.05) is 106 Å². The molecule has 0 saturated carbocycles. The normalized spacial score (nSPS) is 16.5. The molecule has 5 rings (SSSR count). The first-order chi connectivity index (χ1) is 22.6. The van der Waals surface area contributed by atoms with Crippen LogP contribution in [0.2, 0.25) is 0 Å². The Labute approximate surface area is 279 Å². The predicted octanol–water partition coefficient (Wildman–Crippen LogP) is 5.88. The third-order valence-corrected chi connectivity index (χ3v) is 9.51. The number of carbonyl (C=O) groups excluding carboxylic acids is 3. The first kappa shape index (κ1) is 33.6. The molecule has 1 heterocycles. The Hall–Kier alpha value is -4.80. The van der Waals surface area contributed by atoms with Gasteiger partial charge in [-0.25, -0.2) is 4.79 Å². The second-order valence-electron chi connectivity index (χ2n) is 12.0.